The summed E-state index contributed by atoms with van der Waals surface area (Å²) in [6, 6.07) is 6.09. The molecule has 0 spiro atoms. The van der Waals surface area contributed by atoms with Crippen molar-refractivity contribution in [2.75, 3.05) is 25.1 Å². The molecule has 3 aromatic rings. The second-order valence-electron chi connectivity index (χ2n) is 6.66. The summed E-state index contributed by atoms with van der Waals surface area (Å²) >= 11 is 6.32. The van der Waals surface area contributed by atoms with Crippen molar-refractivity contribution in [3.63, 3.8) is 0 Å². The van der Waals surface area contributed by atoms with Gasteiger partial charge in [-0.2, -0.15) is 0 Å². The topological polar surface area (TPSA) is 54.0 Å². The summed E-state index contributed by atoms with van der Waals surface area (Å²) in [4.78, 5) is 14.3. The summed E-state index contributed by atoms with van der Waals surface area (Å²) < 4.78 is 5.15. The van der Waals surface area contributed by atoms with E-state index in [1.165, 1.54) is 16.7 Å². The number of ether oxygens (including phenoxy) is 1. The van der Waals surface area contributed by atoms with Gasteiger partial charge in [-0.15, -0.1) is 0 Å². The molecule has 138 valence electrons. The van der Waals surface area contributed by atoms with Crippen LogP contribution in [0.3, 0.4) is 0 Å². The molecule has 0 radical (unpaired) electrons. The molecule has 2 aromatic heterocycles. The summed E-state index contributed by atoms with van der Waals surface area (Å²) in [6.07, 6.45) is 6.20. The summed E-state index contributed by atoms with van der Waals surface area (Å²) in [6.45, 7) is 8.03. The lowest BCUT2D eigenvalue weighted by atomic mass is 9.90. The quantitative estimate of drug-likeness (QED) is 0.705. The number of H-pyrrole nitrogens is 1. The molecule has 1 aliphatic rings. The number of hydrogen-bond acceptors (Lipinski definition) is 4. The van der Waals surface area contributed by atoms with E-state index in [0.717, 1.165) is 41.0 Å². The fraction of sp³-hybridized carbons (Fsp3) is 0.238. The van der Waals surface area contributed by atoms with E-state index in [9.17, 15) is 0 Å². The van der Waals surface area contributed by atoms with Gasteiger partial charge in [-0.1, -0.05) is 24.2 Å². The van der Waals surface area contributed by atoms with Gasteiger partial charge < -0.3 is 14.6 Å². The molecule has 1 saturated heterocycles. The zero-order chi connectivity index (χ0) is 19.0. The highest BCUT2D eigenvalue weighted by atomic mass is 35.5. The molecule has 0 amide bonds. The molecule has 1 fully saturated rings. The number of benzene rings is 1. The van der Waals surface area contributed by atoms with Gasteiger partial charge in [0.15, 0.2) is 5.75 Å². The Kier molecular flexibility index (Phi) is 4.62. The molecule has 1 aliphatic heterocycles. The van der Waals surface area contributed by atoms with E-state index in [4.69, 9.17) is 16.3 Å². The number of hydrogen-bond donors (Lipinski definition) is 1. The Morgan fingerprint density at radius 3 is 2.78 bits per heavy atom. The van der Waals surface area contributed by atoms with Gasteiger partial charge in [0, 0.05) is 24.7 Å². The smallest absolute Gasteiger partial charge is 0.225 e. The van der Waals surface area contributed by atoms with Gasteiger partial charge in [0.2, 0.25) is 5.95 Å². The lowest BCUT2D eigenvalue weighted by Gasteiger charge is -2.31. The minimum absolute atomic E-state index is 0.656. The van der Waals surface area contributed by atoms with Crippen LogP contribution in [-0.2, 0) is 0 Å². The molecule has 1 aromatic carbocycles. The van der Waals surface area contributed by atoms with Crippen molar-refractivity contribution in [2.24, 2.45) is 0 Å². The van der Waals surface area contributed by atoms with Gasteiger partial charge in [-0.25, -0.2) is 9.97 Å². The second kappa shape index (κ2) is 7.08. The predicted octanol–water partition coefficient (Wildman–Crippen LogP) is 4.86. The number of anilines is 1. The van der Waals surface area contributed by atoms with E-state index in [2.05, 4.69) is 45.5 Å². The Morgan fingerprint density at radius 1 is 1.26 bits per heavy atom. The lowest BCUT2D eigenvalue weighted by Crippen LogP contribution is -2.33. The number of allylic oxidation sites excluding steroid dienone is 1. The summed E-state index contributed by atoms with van der Waals surface area (Å²) in [5, 5.41) is 1.85. The maximum atomic E-state index is 6.32. The fourth-order valence-electron chi connectivity index (χ4n) is 3.55. The van der Waals surface area contributed by atoms with Crippen LogP contribution in [0.15, 0.2) is 54.5 Å². The zero-order valence-corrected chi connectivity index (χ0v) is 16.2. The molecule has 27 heavy (non-hydrogen) atoms. The van der Waals surface area contributed by atoms with Crippen LogP contribution >= 0.6 is 11.6 Å². The normalized spacial score (nSPS) is 16.7. The van der Waals surface area contributed by atoms with E-state index in [-0.39, 0.29) is 0 Å². The van der Waals surface area contributed by atoms with Crippen LogP contribution in [0.4, 0.5) is 5.95 Å². The molecule has 4 rings (SSSR count). The number of fused-ring (bicyclic) bond motifs is 1. The predicted molar refractivity (Wildman–Crippen MR) is 110 cm³/mol. The molecule has 0 bridgehead atoms. The minimum Gasteiger partial charge on any atom is -0.494 e. The molecule has 0 unspecified atom stereocenters. The van der Waals surface area contributed by atoms with Crippen molar-refractivity contribution >= 4 is 34.0 Å². The van der Waals surface area contributed by atoms with Crippen molar-refractivity contribution in [3.05, 3.63) is 65.1 Å². The number of rotatable bonds is 3. The van der Waals surface area contributed by atoms with Crippen molar-refractivity contribution in [1.29, 1.82) is 0 Å². The number of aromatic amines is 1. The fourth-order valence-corrected chi connectivity index (χ4v) is 3.77. The Balaban J connectivity index is 1.72. The molecule has 3 heterocycles. The van der Waals surface area contributed by atoms with Crippen LogP contribution in [-0.4, -0.2) is 35.2 Å². The van der Waals surface area contributed by atoms with Gasteiger partial charge >= 0.3 is 0 Å². The van der Waals surface area contributed by atoms with E-state index >= 15 is 0 Å². The van der Waals surface area contributed by atoms with Crippen LogP contribution in [0.2, 0.25) is 5.02 Å². The number of methoxy groups -OCH3 is 1. The highest BCUT2D eigenvalue weighted by molar-refractivity contribution is 6.35. The molecular weight excluding hydrogens is 360 g/mol. The van der Waals surface area contributed by atoms with Crippen molar-refractivity contribution in [1.82, 2.24) is 15.0 Å². The monoisotopic (exact) mass is 380 g/mol. The first-order chi connectivity index (χ1) is 13.1. The Morgan fingerprint density at radius 2 is 2.04 bits per heavy atom. The molecule has 0 atom stereocenters. The van der Waals surface area contributed by atoms with Gasteiger partial charge in [0.05, 0.1) is 30.0 Å². The number of nitrogens with one attached hydrogen (secondary N) is 1. The number of halogens is 1. The third-order valence-electron chi connectivity index (χ3n) is 5.12. The Bertz CT molecular complexity index is 1040. The standard InChI is InChI=1S/C21H21ClN4O/c1-13-7-9-26(21-24-10-15(27-3)11-25-21)12-18(13)14(2)16-4-5-19(22)20-17(16)6-8-23-20/h4-6,8,10-11,23H,1,7,9,12H2,2-3H3/b18-14+. The van der Waals surface area contributed by atoms with Gasteiger partial charge in [-0.05, 0) is 47.8 Å². The van der Waals surface area contributed by atoms with E-state index in [1.807, 2.05) is 12.3 Å². The molecule has 5 nitrogen and oxygen atoms in total. The van der Waals surface area contributed by atoms with Gasteiger partial charge in [-0.3, -0.25) is 0 Å². The first-order valence-electron chi connectivity index (χ1n) is 8.83. The number of piperidine rings is 1. The maximum Gasteiger partial charge on any atom is 0.225 e. The first kappa shape index (κ1) is 17.6. The van der Waals surface area contributed by atoms with Crippen molar-refractivity contribution < 1.29 is 4.74 Å². The summed E-state index contributed by atoms with van der Waals surface area (Å²) in [7, 11) is 1.61. The van der Waals surface area contributed by atoms with Crippen molar-refractivity contribution in [3.8, 4) is 5.75 Å². The average Bonchev–Trinajstić information content (AvgIpc) is 3.19. The van der Waals surface area contributed by atoms with Crippen LogP contribution in [0.5, 0.6) is 5.75 Å². The van der Waals surface area contributed by atoms with E-state index < -0.39 is 0 Å². The highest BCUT2D eigenvalue weighted by Gasteiger charge is 2.22. The molecule has 6 heteroatoms. The van der Waals surface area contributed by atoms with E-state index in [0.29, 0.717) is 11.7 Å². The second-order valence-corrected chi connectivity index (χ2v) is 7.07. The molecule has 0 saturated carbocycles. The third kappa shape index (κ3) is 3.19. The van der Waals surface area contributed by atoms with Gasteiger partial charge in [0.25, 0.3) is 0 Å². The number of nitrogens with zero attached hydrogens (tertiary/aromatic N) is 3. The van der Waals surface area contributed by atoms with Crippen LogP contribution in [0, 0.1) is 0 Å². The third-order valence-corrected chi connectivity index (χ3v) is 5.44. The summed E-state index contributed by atoms with van der Waals surface area (Å²) in [5.41, 5.74) is 5.73. The Hall–Kier alpha value is -2.79. The van der Waals surface area contributed by atoms with Crippen molar-refractivity contribution in [2.45, 2.75) is 13.3 Å². The van der Waals surface area contributed by atoms with Gasteiger partial charge in [0.1, 0.15) is 0 Å². The van der Waals surface area contributed by atoms with Crippen LogP contribution in [0.1, 0.15) is 18.9 Å². The average molecular weight is 381 g/mol. The van der Waals surface area contributed by atoms with E-state index in [1.54, 1.807) is 19.5 Å². The largest absolute Gasteiger partial charge is 0.494 e. The lowest BCUT2D eigenvalue weighted by molar-refractivity contribution is 0.410. The number of aromatic nitrogens is 3. The SMILES string of the molecule is C=C1CCN(c2ncc(OC)cn2)C/C1=C(/C)c1ccc(Cl)c2[nH]ccc12. The zero-order valence-electron chi connectivity index (χ0n) is 15.4. The van der Waals surface area contributed by atoms with Crippen LogP contribution in [0.25, 0.3) is 16.5 Å². The first-order valence-corrected chi connectivity index (χ1v) is 9.21. The molecular formula is C21H21ClN4O. The Labute approximate surface area is 163 Å². The molecule has 1 N–H and O–H groups in total. The van der Waals surface area contributed by atoms with Crippen LogP contribution < -0.4 is 9.64 Å². The molecule has 0 aliphatic carbocycles. The summed E-state index contributed by atoms with van der Waals surface area (Å²) in [5.74, 6) is 1.36. The minimum atomic E-state index is 0.656. The highest BCUT2D eigenvalue weighted by Crippen LogP contribution is 2.35. The maximum absolute atomic E-state index is 6.32.